The van der Waals surface area contributed by atoms with Gasteiger partial charge >= 0.3 is 0 Å². The summed E-state index contributed by atoms with van der Waals surface area (Å²) in [5.74, 6) is 1.17. The van der Waals surface area contributed by atoms with Crippen LogP contribution in [0.25, 0.3) is 0 Å². The first kappa shape index (κ1) is 18.9. The normalized spacial score (nSPS) is 20.0. The molecule has 1 aliphatic rings. The predicted octanol–water partition coefficient (Wildman–Crippen LogP) is 3.38. The number of halogens is 1. The molecule has 1 aliphatic carbocycles. The van der Waals surface area contributed by atoms with Crippen molar-refractivity contribution in [3.05, 3.63) is 22.7 Å². The predicted molar refractivity (Wildman–Crippen MR) is 96.1 cm³/mol. The number of rotatable bonds is 8. The Morgan fingerprint density at radius 3 is 2.88 bits per heavy atom. The Kier molecular flexibility index (Phi) is 7.18. The van der Waals surface area contributed by atoms with E-state index < -0.39 is 0 Å². The summed E-state index contributed by atoms with van der Waals surface area (Å²) in [6.45, 7) is 3.25. The molecule has 0 saturated heterocycles. The van der Waals surface area contributed by atoms with Crippen molar-refractivity contribution >= 4 is 17.5 Å². The average Bonchev–Trinajstić information content (AvgIpc) is 3.03. The van der Waals surface area contributed by atoms with Gasteiger partial charge in [0.25, 0.3) is 5.91 Å². The molecule has 6 heteroatoms. The van der Waals surface area contributed by atoms with Crippen molar-refractivity contribution in [2.45, 2.75) is 45.1 Å². The second kappa shape index (κ2) is 9.14. The van der Waals surface area contributed by atoms with Crippen LogP contribution in [0.2, 0.25) is 5.02 Å². The van der Waals surface area contributed by atoms with Gasteiger partial charge in [-0.25, -0.2) is 0 Å². The van der Waals surface area contributed by atoms with E-state index in [2.05, 4.69) is 12.2 Å². The SMILES string of the molecule is CCCCOc1c(Cl)cc(C(=O)NC2CCCC2CN)cc1OC. The summed E-state index contributed by atoms with van der Waals surface area (Å²) >= 11 is 6.30. The van der Waals surface area contributed by atoms with Crippen molar-refractivity contribution in [3.63, 3.8) is 0 Å². The van der Waals surface area contributed by atoms with Gasteiger partial charge in [0.1, 0.15) is 0 Å². The molecule has 0 aliphatic heterocycles. The highest BCUT2D eigenvalue weighted by Gasteiger charge is 2.28. The maximum Gasteiger partial charge on any atom is 0.251 e. The van der Waals surface area contributed by atoms with Crippen molar-refractivity contribution in [1.82, 2.24) is 5.32 Å². The Morgan fingerprint density at radius 1 is 1.42 bits per heavy atom. The zero-order valence-corrected chi connectivity index (χ0v) is 15.2. The third-order valence-corrected chi connectivity index (χ3v) is 4.79. The zero-order chi connectivity index (χ0) is 17.5. The van der Waals surface area contributed by atoms with Gasteiger partial charge in [-0.2, -0.15) is 0 Å². The summed E-state index contributed by atoms with van der Waals surface area (Å²) in [6.07, 6.45) is 5.10. The standard InChI is InChI=1S/C18H27ClN2O3/c1-3-4-8-24-17-14(19)9-13(10-16(17)23-2)18(22)21-15-7-5-6-12(15)11-20/h9-10,12,15H,3-8,11,20H2,1-2H3,(H,21,22). The van der Waals surface area contributed by atoms with E-state index in [-0.39, 0.29) is 11.9 Å². The summed E-state index contributed by atoms with van der Waals surface area (Å²) < 4.78 is 11.0. The lowest BCUT2D eigenvalue weighted by molar-refractivity contribution is 0.0928. The first-order valence-corrected chi connectivity index (χ1v) is 8.99. The third kappa shape index (κ3) is 4.54. The van der Waals surface area contributed by atoms with Gasteiger partial charge in [-0.05, 0) is 43.9 Å². The van der Waals surface area contributed by atoms with Gasteiger partial charge in [-0.1, -0.05) is 31.4 Å². The molecule has 2 atom stereocenters. The summed E-state index contributed by atoms with van der Waals surface area (Å²) in [6, 6.07) is 3.44. The van der Waals surface area contributed by atoms with E-state index in [4.69, 9.17) is 26.8 Å². The van der Waals surface area contributed by atoms with E-state index in [0.29, 0.717) is 41.2 Å². The minimum absolute atomic E-state index is 0.132. The second-order valence-corrected chi connectivity index (χ2v) is 6.61. The quantitative estimate of drug-likeness (QED) is 0.702. The zero-order valence-electron chi connectivity index (χ0n) is 14.4. The molecule has 0 bridgehead atoms. The van der Waals surface area contributed by atoms with Gasteiger partial charge in [0.15, 0.2) is 11.5 Å². The van der Waals surface area contributed by atoms with Crippen LogP contribution in [0.15, 0.2) is 12.1 Å². The second-order valence-electron chi connectivity index (χ2n) is 6.20. The van der Waals surface area contributed by atoms with Gasteiger partial charge in [0.05, 0.1) is 18.7 Å². The van der Waals surface area contributed by atoms with Crippen LogP contribution in [0, 0.1) is 5.92 Å². The number of nitrogens with one attached hydrogen (secondary N) is 1. The Balaban J connectivity index is 2.12. The number of carbonyl (C=O) groups excluding carboxylic acids is 1. The van der Waals surface area contributed by atoms with Crippen LogP contribution in [0.5, 0.6) is 11.5 Å². The van der Waals surface area contributed by atoms with Crippen molar-refractivity contribution in [2.24, 2.45) is 11.7 Å². The molecule has 1 amide bonds. The number of nitrogens with two attached hydrogens (primary N) is 1. The van der Waals surface area contributed by atoms with Crippen LogP contribution < -0.4 is 20.5 Å². The fourth-order valence-corrected chi connectivity index (χ4v) is 3.34. The van der Waals surface area contributed by atoms with Crippen LogP contribution in [-0.4, -0.2) is 32.2 Å². The molecule has 2 rings (SSSR count). The Morgan fingerprint density at radius 2 is 2.21 bits per heavy atom. The summed E-state index contributed by atoms with van der Waals surface area (Å²) in [4.78, 5) is 12.5. The topological polar surface area (TPSA) is 73.6 Å². The monoisotopic (exact) mass is 354 g/mol. The lowest BCUT2D eigenvalue weighted by Gasteiger charge is -2.20. The highest BCUT2D eigenvalue weighted by atomic mass is 35.5. The Hall–Kier alpha value is -1.46. The number of hydrogen-bond donors (Lipinski definition) is 2. The van der Waals surface area contributed by atoms with Crippen LogP contribution in [0.3, 0.4) is 0 Å². The average molecular weight is 355 g/mol. The minimum Gasteiger partial charge on any atom is -0.493 e. The number of hydrogen-bond acceptors (Lipinski definition) is 4. The summed E-state index contributed by atoms with van der Waals surface area (Å²) in [5, 5.41) is 3.46. The molecule has 5 nitrogen and oxygen atoms in total. The molecule has 24 heavy (non-hydrogen) atoms. The highest BCUT2D eigenvalue weighted by Crippen LogP contribution is 2.36. The fourth-order valence-electron chi connectivity index (χ4n) is 3.07. The van der Waals surface area contributed by atoms with E-state index >= 15 is 0 Å². The molecule has 134 valence electrons. The number of ether oxygens (including phenoxy) is 2. The largest absolute Gasteiger partial charge is 0.493 e. The number of unbranched alkanes of at least 4 members (excludes halogenated alkanes) is 1. The Bertz CT molecular complexity index is 565. The molecule has 0 aromatic heterocycles. The maximum atomic E-state index is 12.5. The lowest BCUT2D eigenvalue weighted by atomic mass is 10.0. The molecule has 2 unspecified atom stereocenters. The van der Waals surface area contributed by atoms with Crippen LogP contribution in [-0.2, 0) is 0 Å². The van der Waals surface area contributed by atoms with Gasteiger partial charge in [0, 0.05) is 11.6 Å². The van der Waals surface area contributed by atoms with Crippen molar-refractivity contribution in [2.75, 3.05) is 20.3 Å². The molecule has 0 spiro atoms. The number of benzene rings is 1. The molecule has 0 radical (unpaired) electrons. The summed E-state index contributed by atoms with van der Waals surface area (Å²) in [7, 11) is 1.54. The molecule has 1 fully saturated rings. The molecule has 1 saturated carbocycles. The van der Waals surface area contributed by atoms with E-state index in [1.165, 1.54) is 0 Å². The first-order chi connectivity index (χ1) is 11.6. The van der Waals surface area contributed by atoms with Crippen molar-refractivity contribution in [1.29, 1.82) is 0 Å². The van der Waals surface area contributed by atoms with Crippen molar-refractivity contribution < 1.29 is 14.3 Å². The van der Waals surface area contributed by atoms with E-state index in [9.17, 15) is 4.79 Å². The van der Waals surface area contributed by atoms with Gasteiger partial charge < -0.3 is 20.5 Å². The molecule has 0 heterocycles. The Labute approximate surface area is 148 Å². The van der Waals surface area contributed by atoms with Crippen LogP contribution in [0.1, 0.15) is 49.4 Å². The minimum atomic E-state index is -0.152. The van der Waals surface area contributed by atoms with Gasteiger partial charge in [-0.3, -0.25) is 4.79 Å². The molecular formula is C18H27ClN2O3. The van der Waals surface area contributed by atoms with E-state index in [0.717, 1.165) is 32.1 Å². The van der Waals surface area contributed by atoms with Crippen LogP contribution >= 0.6 is 11.6 Å². The van der Waals surface area contributed by atoms with Crippen molar-refractivity contribution in [3.8, 4) is 11.5 Å². The molecular weight excluding hydrogens is 328 g/mol. The smallest absolute Gasteiger partial charge is 0.251 e. The lowest BCUT2D eigenvalue weighted by Crippen LogP contribution is -2.39. The fraction of sp³-hybridized carbons (Fsp3) is 0.611. The number of carbonyl (C=O) groups is 1. The number of methoxy groups -OCH3 is 1. The van der Waals surface area contributed by atoms with Gasteiger partial charge in [0.2, 0.25) is 0 Å². The molecule has 3 N–H and O–H groups in total. The van der Waals surface area contributed by atoms with E-state index in [1.807, 2.05) is 0 Å². The van der Waals surface area contributed by atoms with E-state index in [1.54, 1.807) is 19.2 Å². The highest BCUT2D eigenvalue weighted by molar-refractivity contribution is 6.32. The number of amides is 1. The summed E-state index contributed by atoms with van der Waals surface area (Å²) in [5.41, 5.74) is 6.25. The van der Waals surface area contributed by atoms with Crippen LogP contribution in [0.4, 0.5) is 0 Å². The third-order valence-electron chi connectivity index (χ3n) is 4.51. The molecule has 1 aromatic carbocycles. The first-order valence-electron chi connectivity index (χ1n) is 8.62. The maximum absolute atomic E-state index is 12.5. The van der Waals surface area contributed by atoms with Gasteiger partial charge in [-0.15, -0.1) is 0 Å². The molecule has 1 aromatic rings.